The molecule has 0 bridgehead atoms. The second kappa shape index (κ2) is 7.42. The summed E-state index contributed by atoms with van der Waals surface area (Å²) in [6, 6.07) is 6.22. The van der Waals surface area contributed by atoms with Crippen LogP contribution in [0.1, 0.15) is 51.0 Å². The van der Waals surface area contributed by atoms with Gasteiger partial charge in [-0.1, -0.05) is 12.1 Å². The normalized spacial score (nSPS) is 24.2. The summed E-state index contributed by atoms with van der Waals surface area (Å²) in [5.41, 5.74) is 0.0576. The summed E-state index contributed by atoms with van der Waals surface area (Å²) in [6.45, 7) is 2.48. The summed E-state index contributed by atoms with van der Waals surface area (Å²) in [6.07, 6.45) is 4.37. The molecule has 0 unspecified atom stereocenters. The Morgan fingerprint density at radius 3 is 2.56 bits per heavy atom. The molecule has 2 aliphatic rings. The van der Waals surface area contributed by atoms with E-state index in [2.05, 4.69) is 10.6 Å². The maximum Gasteiger partial charge on any atom is 0.316 e. The van der Waals surface area contributed by atoms with E-state index in [1.165, 1.54) is 12.1 Å². The SMILES string of the molecule is CCNC(=O)NC1CCC(OC(=O)C2(c3cccc(F)c3)CC2)CC1. The number of urea groups is 1. The highest BCUT2D eigenvalue weighted by atomic mass is 19.1. The van der Waals surface area contributed by atoms with Crippen molar-refractivity contribution in [3.8, 4) is 0 Å². The van der Waals surface area contributed by atoms with E-state index in [9.17, 15) is 14.0 Å². The number of halogens is 1. The van der Waals surface area contributed by atoms with Crippen molar-refractivity contribution in [2.45, 2.75) is 63.0 Å². The molecule has 6 heteroatoms. The van der Waals surface area contributed by atoms with Crippen LogP contribution in [0.5, 0.6) is 0 Å². The topological polar surface area (TPSA) is 67.4 Å². The highest BCUT2D eigenvalue weighted by Gasteiger charge is 2.53. The molecule has 0 atom stereocenters. The standard InChI is InChI=1S/C19H25FN2O3/c1-2-21-18(24)22-15-6-8-16(9-7-15)25-17(23)19(10-11-19)13-4-3-5-14(20)12-13/h3-5,12,15-16H,2,6-11H2,1H3,(H2,21,22,24). The van der Waals surface area contributed by atoms with Gasteiger partial charge in [0.15, 0.2) is 0 Å². The van der Waals surface area contributed by atoms with Crippen LogP contribution in [0.3, 0.4) is 0 Å². The fourth-order valence-corrected chi connectivity index (χ4v) is 3.51. The Bertz CT molecular complexity index is 637. The lowest BCUT2D eigenvalue weighted by molar-refractivity contribution is -0.154. The molecule has 0 heterocycles. The quantitative estimate of drug-likeness (QED) is 0.804. The van der Waals surface area contributed by atoms with Gasteiger partial charge in [-0.25, -0.2) is 9.18 Å². The molecule has 25 heavy (non-hydrogen) atoms. The van der Waals surface area contributed by atoms with Crippen LogP contribution in [0.15, 0.2) is 24.3 Å². The first-order chi connectivity index (χ1) is 12.0. The lowest BCUT2D eigenvalue weighted by Crippen LogP contribution is -2.44. The largest absolute Gasteiger partial charge is 0.462 e. The predicted molar refractivity (Wildman–Crippen MR) is 91.7 cm³/mol. The molecular weight excluding hydrogens is 323 g/mol. The fourth-order valence-electron chi connectivity index (χ4n) is 3.51. The Hall–Kier alpha value is -2.11. The number of carbonyl (C=O) groups is 2. The average Bonchev–Trinajstić information content (AvgIpc) is 3.39. The zero-order valence-corrected chi connectivity index (χ0v) is 14.5. The maximum absolute atomic E-state index is 13.5. The molecule has 2 saturated carbocycles. The first kappa shape index (κ1) is 17.7. The number of rotatable bonds is 5. The van der Waals surface area contributed by atoms with Gasteiger partial charge in [-0.05, 0) is 63.1 Å². The van der Waals surface area contributed by atoms with Crippen LogP contribution in [0, 0.1) is 5.82 Å². The number of hydrogen-bond donors (Lipinski definition) is 2. The van der Waals surface area contributed by atoms with Crippen LogP contribution in [0.4, 0.5) is 9.18 Å². The molecule has 2 N–H and O–H groups in total. The van der Waals surface area contributed by atoms with Crippen LogP contribution >= 0.6 is 0 Å². The second-order valence-corrected chi connectivity index (χ2v) is 6.98. The van der Waals surface area contributed by atoms with Gasteiger partial charge in [-0.2, -0.15) is 0 Å². The minimum absolute atomic E-state index is 0.120. The summed E-state index contributed by atoms with van der Waals surface area (Å²) in [5.74, 6) is -0.563. The zero-order chi connectivity index (χ0) is 17.9. The van der Waals surface area contributed by atoms with Gasteiger partial charge in [0.2, 0.25) is 0 Å². The van der Waals surface area contributed by atoms with Crippen molar-refractivity contribution in [1.29, 1.82) is 0 Å². The molecule has 0 saturated heterocycles. The minimum Gasteiger partial charge on any atom is -0.462 e. The minimum atomic E-state index is -0.655. The summed E-state index contributed by atoms with van der Waals surface area (Å²) < 4.78 is 19.2. The smallest absolute Gasteiger partial charge is 0.316 e. The number of ether oxygens (including phenoxy) is 1. The van der Waals surface area contributed by atoms with Crippen LogP contribution in [0.2, 0.25) is 0 Å². The highest BCUT2D eigenvalue weighted by molar-refractivity contribution is 5.86. The fraction of sp³-hybridized carbons (Fsp3) is 0.579. The lowest BCUT2D eigenvalue weighted by Gasteiger charge is -2.30. The van der Waals surface area contributed by atoms with Crippen molar-refractivity contribution in [3.05, 3.63) is 35.6 Å². The zero-order valence-electron chi connectivity index (χ0n) is 14.5. The Kier molecular flexibility index (Phi) is 5.25. The van der Waals surface area contributed by atoms with Crippen molar-refractivity contribution >= 4 is 12.0 Å². The molecule has 1 aromatic rings. The van der Waals surface area contributed by atoms with Gasteiger partial charge >= 0.3 is 12.0 Å². The van der Waals surface area contributed by atoms with E-state index in [0.29, 0.717) is 24.9 Å². The summed E-state index contributed by atoms with van der Waals surface area (Å²) in [7, 11) is 0. The van der Waals surface area contributed by atoms with Crippen molar-refractivity contribution in [2.75, 3.05) is 6.54 Å². The van der Waals surface area contributed by atoms with Gasteiger partial charge in [-0.3, -0.25) is 4.79 Å². The maximum atomic E-state index is 13.5. The third-order valence-corrected chi connectivity index (χ3v) is 5.14. The highest BCUT2D eigenvalue weighted by Crippen LogP contribution is 2.49. The van der Waals surface area contributed by atoms with E-state index in [1.54, 1.807) is 12.1 Å². The Labute approximate surface area is 147 Å². The first-order valence-electron chi connectivity index (χ1n) is 9.05. The van der Waals surface area contributed by atoms with Crippen LogP contribution in [-0.4, -0.2) is 30.7 Å². The number of amides is 2. The van der Waals surface area contributed by atoms with Crippen LogP contribution < -0.4 is 10.6 Å². The van der Waals surface area contributed by atoms with Crippen molar-refractivity contribution < 1.29 is 18.7 Å². The first-order valence-corrected chi connectivity index (χ1v) is 9.05. The van der Waals surface area contributed by atoms with E-state index in [1.807, 2.05) is 6.92 Å². The Balaban J connectivity index is 1.51. The van der Waals surface area contributed by atoms with E-state index in [-0.39, 0.29) is 30.0 Å². The van der Waals surface area contributed by atoms with Crippen LogP contribution in [-0.2, 0) is 14.9 Å². The van der Waals surface area contributed by atoms with Crippen molar-refractivity contribution in [3.63, 3.8) is 0 Å². The molecule has 0 radical (unpaired) electrons. The summed E-state index contributed by atoms with van der Waals surface area (Å²) >= 11 is 0. The third kappa shape index (κ3) is 4.11. The second-order valence-electron chi connectivity index (χ2n) is 6.98. The predicted octanol–water partition coefficient (Wildman–Crippen LogP) is 3.03. The Morgan fingerprint density at radius 1 is 1.24 bits per heavy atom. The summed E-state index contributed by atoms with van der Waals surface area (Å²) in [5, 5.41) is 5.66. The molecule has 2 aliphatic carbocycles. The lowest BCUT2D eigenvalue weighted by atomic mass is 9.92. The Morgan fingerprint density at radius 2 is 1.96 bits per heavy atom. The molecule has 3 rings (SSSR count). The molecule has 1 aromatic carbocycles. The van der Waals surface area contributed by atoms with Crippen molar-refractivity contribution in [2.24, 2.45) is 0 Å². The molecule has 0 aromatic heterocycles. The number of benzene rings is 1. The number of hydrogen-bond acceptors (Lipinski definition) is 3. The van der Waals surface area contributed by atoms with Gasteiger partial charge in [-0.15, -0.1) is 0 Å². The molecule has 5 nitrogen and oxygen atoms in total. The molecule has 2 fully saturated rings. The van der Waals surface area contributed by atoms with E-state index in [4.69, 9.17) is 4.74 Å². The van der Waals surface area contributed by atoms with E-state index < -0.39 is 5.41 Å². The van der Waals surface area contributed by atoms with Gasteiger partial charge in [0.25, 0.3) is 0 Å². The van der Waals surface area contributed by atoms with Gasteiger partial charge < -0.3 is 15.4 Å². The van der Waals surface area contributed by atoms with Crippen molar-refractivity contribution in [1.82, 2.24) is 10.6 Å². The van der Waals surface area contributed by atoms with E-state index in [0.717, 1.165) is 25.7 Å². The van der Waals surface area contributed by atoms with Gasteiger partial charge in [0, 0.05) is 12.6 Å². The van der Waals surface area contributed by atoms with Crippen LogP contribution in [0.25, 0.3) is 0 Å². The average molecular weight is 348 g/mol. The number of esters is 1. The molecule has 2 amide bonds. The number of carbonyl (C=O) groups excluding carboxylic acids is 2. The molecule has 136 valence electrons. The van der Waals surface area contributed by atoms with E-state index >= 15 is 0 Å². The monoisotopic (exact) mass is 348 g/mol. The van der Waals surface area contributed by atoms with Gasteiger partial charge in [0.05, 0.1) is 5.41 Å². The molecule has 0 spiro atoms. The molecule has 0 aliphatic heterocycles. The van der Waals surface area contributed by atoms with Gasteiger partial charge in [0.1, 0.15) is 11.9 Å². The third-order valence-electron chi connectivity index (χ3n) is 5.14. The molecular formula is C19H25FN2O3. The summed E-state index contributed by atoms with van der Waals surface area (Å²) in [4.78, 5) is 24.2. The number of nitrogens with one attached hydrogen (secondary N) is 2.